The molecule has 3 aliphatic heterocycles. The fraction of sp³-hybridized carbons (Fsp3) is 0.0769. The highest BCUT2D eigenvalue weighted by molar-refractivity contribution is 7.90. The molecule has 7 aromatic carbocycles. The molecule has 4 heteroatoms. The smallest absolute Gasteiger partial charge is 0.173 e. The van der Waals surface area contributed by atoms with Gasteiger partial charge in [-0.25, -0.2) is 0 Å². The Labute approximate surface area is 328 Å². The third kappa shape index (κ3) is 3.99. The van der Waals surface area contributed by atoms with E-state index in [2.05, 4.69) is 146 Å². The molecule has 0 radical (unpaired) electrons. The van der Waals surface area contributed by atoms with Gasteiger partial charge in [-0.2, -0.15) is 0 Å². The fourth-order valence-corrected chi connectivity index (χ4v) is 20.2. The minimum absolute atomic E-state index is 0.233. The van der Waals surface area contributed by atoms with E-state index in [1.54, 1.807) is 0 Å². The Hall–Kier alpha value is -5.78. The van der Waals surface area contributed by atoms with Crippen LogP contribution < -0.4 is 10.6 Å². The highest BCUT2D eigenvalue weighted by Crippen LogP contribution is 2.95. The molecule has 0 amide bonds. The molecule has 6 unspecified atom stereocenters. The normalized spacial score (nSPS) is 28.2. The van der Waals surface area contributed by atoms with E-state index >= 15 is 9.13 Å². The Balaban J connectivity index is 1.39. The molecule has 0 N–H and O–H groups in total. The average molecular weight is 757 g/mol. The summed E-state index contributed by atoms with van der Waals surface area (Å²) in [6.45, 7) is 0. The van der Waals surface area contributed by atoms with Crippen molar-refractivity contribution in [2.75, 3.05) is 0 Å². The molecule has 268 valence electrons. The fourth-order valence-electron chi connectivity index (χ4n) is 11.3. The van der Waals surface area contributed by atoms with Crippen molar-refractivity contribution in [2.45, 2.75) is 10.3 Å². The first-order valence-electron chi connectivity index (χ1n) is 19.4. The summed E-state index contributed by atoms with van der Waals surface area (Å²) in [4.78, 5) is 0. The van der Waals surface area contributed by atoms with Crippen LogP contribution in [0.3, 0.4) is 0 Å². The molecule has 0 spiro atoms. The number of hydrogen-bond acceptors (Lipinski definition) is 2. The molecule has 2 nitrogen and oxygen atoms in total. The second-order valence-corrected chi connectivity index (χ2v) is 21.1. The highest BCUT2D eigenvalue weighted by Gasteiger charge is 2.82. The van der Waals surface area contributed by atoms with Crippen molar-refractivity contribution in [3.8, 4) is 0 Å². The minimum atomic E-state index is -3.66. The van der Waals surface area contributed by atoms with Gasteiger partial charge in [0.25, 0.3) is 0 Å². The van der Waals surface area contributed by atoms with E-state index in [1.165, 1.54) is 0 Å². The number of rotatable bonds is 6. The number of hydrogen-bond donors (Lipinski definition) is 0. The van der Waals surface area contributed by atoms with Gasteiger partial charge in [-0.3, -0.25) is 0 Å². The topological polar surface area (TPSA) is 34.1 Å². The Morgan fingerprint density at radius 1 is 0.411 bits per heavy atom. The van der Waals surface area contributed by atoms with Crippen LogP contribution in [0, 0.1) is 11.8 Å². The number of allylic oxidation sites excluding steroid dienone is 4. The molecule has 4 aliphatic rings. The molecule has 2 bridgehead atoms. The number of fused-ring (bicyclic) bond motifs is 10. The predicted molar refractivity (Wildman–Crippen MR) is 231 cm³/mol. The van der Waals surface area contributed by atoms with Crippen molar-refractivity contribution >= 4 is 35.5 Å². The Kier molecular flexibility index (Phi) is 7.41. The molecule has 7 aromatic rings. The van der Waals surface area contributed by atoms with Crippen LogP contribution >= 0.6 is 14.3 Å². The first-order valence-corrected chi connectivity index (χ1v) is 22.8. The molecule has 11 rings (SSSR count). The van der Waals surface area contributed by atoms with Crippen molar-refractivity contribution in [3.05, 3.63) is 263 Å². The van der Waals surface area contributed by atoms with Gasteiger partial charge in [-0.1, -0.05) is 218 Å². The lowest BCUT2D eigenvalue weighted by atomic mass is 9.56. The zero-order chi connectivity index (χ0) is 37.5. The van der Waals surface area contributed by atoms with Crippen LogP contribution in [-0.4, -0.2) is 0 Å². The molecule has 1 saturated heterocycles. The van der Waals surface area contributed by atoms with E-state index < -0.39 is 24.6 Å². The molecule has 1 fully saturated rings. The number of benzene rings is 7. The van der Waals surface area contributed by atoms with Crippen LogP contribution in [0.5, 0.6) is 0 Å². The van der Waals surface area contributed by atoms with Gasteiger partial charge in [-0.05, 0) is 44.5 Å². The molecule has 0 saturated carbocycles. The first-order chi connectivity index (χ1) is 27.6. The van der Waals surface area contributed by atoms with Gasteiger partial charge in [0.2, 0.25) is 0 Å². The monoisotopic (exact) mass is 756 g/mol. The lowest BCUT2D eigenvalue weighted by Gasteiger charge is -2.45. The van der Waals surface area contributed by atoms with Crippen LogP contribution in [0.4, 0.5) is 0 Å². The molecule has 1 aliphatic carbocycles. The zero-order valence-corrected chi connectivity index (χ0v) is 32.4. The summed E-state index contributed by atoms with van der Waals surface area (Å²) in [5.41, 5.74) is 8.24. The summed E-state index contributed by atoms with van der Waals surface area (Å²) in [5.74, 6) is -0.567. The summed E-state index contributed by atoms with van der Waals surface area (Å²) in [7, 11) is -7.22. The lowest BCUT2D eigenvalue weighted by Crippen LogP contribution is -2.42. The summed E-state index contributed by atoms with van der Waals surface area (Å²) < 4.78 is 35.2. The van der Waals surface area contributed by atoms with Gasteiger partial charge >= 0.3 is 0 Å². The van der Waals surface area contributed by atoms with E-state index in [9.17, 15) is 0 Å². The molecule has 0 aromatic heterocycles. The Morgan fingerprint density at radius 2 is 0.821 bits per heavy atom. The van der Waals surface area contributed by atoms with Crippen molar-refractivity contribution in [3.63, 3.8) is 0 Å². The maximum atomic E-state index is 18.1. The lowest BCUT2D eigenvalue weighted by molar-refractivity contribution is 0.345. The first kappa shape index (κ1) is 33.5. The second kappa shape index (κ2) is 12.4. The summed E-state index contributed by atoms with van der Waals surface area (Å²) in [6.07, 6.45) is 4.62. The van der Waals surface area contributed by atoms with Gasteiger partial charge in [0.1, 0.15) is 7.14 Å². The third-order valence-electron chi connectivity index (χ3n) is 13.0. The maximum absolute atomic E-state index is 18.1. The molecular weight excluding hydrogens is 719 g/mol. The standard InChI is InChI=1S/C52H38O2P2/c53-55(41-29-15-5-16-30-41)49(37-21-7-1-8-22-37)43-35-36-46-48(47(43)50(55)38-23-9-2-10-24-38)52(40-27-13-4-14-28-40)45-34-20-19-33-44(45)51(46,39-25-11-3-12-26-39)56(52,54)42-31-17-6-18-32-42/h1-36,46,48H. The van der Waals surface area contributed by atoms with E-state index in [-0.39, 0.29) is 11.8 Å². The summed E-state index contributed by atoms with van der Waals surface area (Å²) in [6, 6.07) is 71.1. The highest BCUT2D eigenvalue weighted by atomic mass is 31.2. The molecule has 6 atom stereocenters. The second-order valence-electron chi connectivity index (χ2n) is 15.3. The van der Waals surface area contributed by atoms with Crippen molar-refractivity contribution < 1.29 is 9.13 Å². The van der Waals surface area contributed by atoms with Gasteiger partial charge in [0.05, 0.1) is 10.3 Å². The van der Waals surface area contributed by atoms with Crippen LogP contribution in [0.15, 0.2) is 230 Å². The van der Waals surface area contributed by atoms with Gasteiger partial charge in [0, 0.05) is 33.1 Å². The van der Waals surface area contributed by atoms with Crippen molar-refractivity contribution in [1.82, 2.24) is 0 Å². The van der Waals surface area contributed by atoms with Crippen LogP contribution in [0.2, 0.25) is 0 Å². The average Bonchev–Trinajstić information content (AvgIpc) is 3.77. The van der Waals surface area contributed by atoms with Crippen LogP contribution in [-0.2, 0) is 19.4 Å². The minimum Gasteiger partial charge on any atom is -0.316 e. The van der Waals surface area contributed by atoms with Gasteiger partial charge in [-0.15, -0.1) is 0 Å². The zero-order valence-electron chi connectivity index (χ0n) is 30.7. The van der Waals surface area contributed by atoms with Crippen molar-refractivity contribution in [2.24, 2.45) is 11.8 Å². The molecule has 3 heterocycles. The largest absolute Gasteiger partial charge is 0.316 e. The molecule has 56 heavy (non-hydrogen) atoms. The quantitative estimate of drug-likeness (QED) is 0.158. The molecular formula is C52H38O2P2. The van der Waals surface area contributed by atoms with Gasteiger partial charge < -0.3 is 9.13 Å². The van der Waals surface area contributed by atoms with E-state index in [4.69, 9.17) is 0 Å². The third-order valence-corrected chi connectivity index (χ3v) is 20.9. The Bertz CT molecular complexity index is 2850. The SMILES string of the molecule is O=P1(c2ccccc2)C(c2ccccc2)=C2C=CC3C(C2=C1c1ccccc1)C1(c2ccccc2)c2ccccc2C3(c2ccccc2)P1(=O)c1ccccc1. The van der Waals surface area contributed by atoms with E-state index in [1.807, 2.05) is 72.8 Å². The van der Waals surface area contributed by atoms with E-state index in [0.29, 0.717) is 0 Å². The Morgan fingerprint density at radius 3 is 1.36 bits per heavy atom. The van der Waals surface area contributed by atoms with E-state index in [0.717, 1.165) is 65.8 Å². The predicted octanol–water partition coefficient (Wildman–Crippen LogP) is 12.2. The summed E-state index contributed by atoms with van der Waals surface area (Å²) in [5, 5.41) is 1.46. The van der Waals surface area contributed by atoms with Crippen LogP contribution in [0.25, 0.3) is 10.6 Å². The van der Waals surface area contributed by atoms with Gasteiger partial charge in [0.15, 0.2) is 7.14 Å². The summed E-state index contributed by atoms with van der Waals surface area (Å²) >= 11 is 0. The van der Waals surface area contributed by atoms with Crippen molar-refractivity contribution in [1.29, 1.82) is 0 Å². The maximum Gasteiger partial charge on any atom is 0.173 e. The van der Waals surface area contributed by atoms with Crippen LogP contribution in [0.1, 0.15) is 33.4 Å².